The van der Waals surface area contributed by atoms with Crippen LogP contribution in [0.1, 0.15) is 23.1 Å². The van der Waals surface area contributed by atoms with Crippen molar-refractivity contribution in [1.29, 1.82) is 0 Å². The lowest BCUT2D eigenvalue weighted by Crippen LogP contribution is -2.48. The average molecular weight is 346 g/mol. The Labute approximate surface area is 145 Å². The first kappa shape index (κ1) is 16.9. The van der Waals surface area contributed by atoms with Gasteiger partial charge in [-0.25, -0.2) is 4.68 Å². The van der Waals surface area contributed by atoms with Crippen LogP contribution in [-0.2, 0) is 31.2 Å². The van der Waals surface area contributed by atoms with Gasteiger partial charge in [0.15, 0.2) is 0 Å². The molecule has 0 saturated heterocycles. The molecule has 0 unspecified atom stereocenters. The zero-order valence-electron chi connectivity index (χ0n) is 14.0. The lowest BCUT2D eigenvalue weighted by molar-refractivity contribution is -0.126. The summed E-state index contributed by atoms with van der Waals surface area (Å²) >= 11 is 1.71. The molecule has 0 bridgehead atoms. The van der Waals surface area contributed by atoms with Crippen molar-refractivity contribution < 1.29 is 4.79 Å². The molecule has 1 amide bonds. The molecule has 0 saturated carbocycles. The van der Waals surface area contributed by atoms with E-state index >= 15 is 0 Å². The Bertz CT molecular complexity index is 769. The van der Waals surface area contributed by atoms with Gasteiger partial charge in [-0.3, -0.25) is 14.5 Å². The number of hydrogen-bond acceptors (Lipinski definition) is 5. The molecule has 0 aromatic carbocycles. The van der Waals surface area contributed by atoms with Crippen molar-refractivity contribution >= 4 is 17.2 Å². The molecule has 1 aliphatic rings. The van der Waals surface area contributed by atoms with Crippen LogP contribution in [-0.4, -0.2) is 39.7 Å². The van der Waals surface area contributed by atoms with Gasteiger partial charge in [-0.1, -0.05) is 6.07 Å². The van der Waals surface area contributed by atoms with E-state index < -0.39 is 0 Å². The standard InChI is InChI=1S/C17H22N4O2S/c1-12(17(23)18-7-5-14-4-3-9-24-14)21-8-6-15-13(11-21)10-16(22)20(2)19-15/h3-4,9-10,12H,5-8,11H2,1-2H3,(H,18,23)/t12-/m1/s1. The van der Waals surface area contributed by atoms with Gasteiger partial charge in [-0.15, -0.1) is 11.3 Å². The van der Waals surface area contributed by atoms with E-state index in [1.165, 1.54) is 9.56 Å². The summed E-state index contributed by atoms with van der Waals surface area (Å²) in [7, 11) is 1.67. The predicted molar refractivity (Wildman–Crippen MR) is 94.1 cm³/mol. The van der Waals surface area contributed by atoms with Gasteiger partial charge in [0.25, 0.3) is 5.56 Å². The van der Waals surface area contributed by atoms with E-state index in [-0.39, 0.29) is 17.5 Å². The van der Waals surface area contributed by atoms with E-state index in [0.29, 0.717) is 13.1 Å². The molecule has 0 fully saturated rings. The first-order valence-corrected chi connectivity index (χ1v) is 9.03. The molecule has 1 aliphatic heterocycles. The van der Waals surface area contributed by atoms with E-state index in [4.69, 9.17) is 0 Å². The van der Waals surface area contributed by atoms with Gasteiger partial charge in [0.1, 0.15) is 0 Å². The third-order valence-electron chi connectivity index (χ3n) is 4.45. The second-order valence-electron chi connectivity index (χ2n) is 6.09. The minimum atomic E-state index is -0.217. The molecule has 3 heterocycles. The fourth-order valence-corrected chi connectivity index (χ4v) is 3.63. The SMILES string of the molecule is C[C@H](C(=O)NCCc1cccs1)N1CCc2nn(C)c(=O)cc2C1. The number of nitrogens with one attached hydrogen (secondary N) is 1. The van der Waals surface area contributed by atoms with Crippen molar-refractivity contribution in [2.24, 2.45) is 7.05 Å². The third-order valence-corrected chi connectivity index (χ3v) is 5.38. The van der Waals surface area contributed by atoms with Gasteiger partial charge < -0.3 is 5.32 Å². The fourth-order valence-electron chi connectivity index (χ4n) is 2.92. The number of amides is 1. The molecule has 6 nitrogen and oxygen atoms in total. The molecule has 2 aromatic rings. The minimum Gasteiger partial charge on any atom is -0.354 e. The van der Waals surface area contributed by atoms with E-state index in [1.54, 1.807) is 24.5 Å². The Morgan fingerprint density at radius 3 is 3.08 bits per heavy atom. The van der Waals surface area contributed by atoms with Crippen LogP contribution in [0.3, 0.4) is 0 Å². The molecule has 128 valence electrons. The highest BCUT2D eigenvalue weighted by Crippen LogP contribution is 2.17. The second-order valence-corrected chi connectivity index (χ2v) is 7.13. The minimum absolute atomic E-state index is 0.0341. The van der Waals surface area contributed by atoms with E-state index in [0.717, 1.165) is 30.6 Å². The molecular weight excluding hydrogens is 324 g/mol. The number of thiophene rings is 1. The lowest BCUT2D eigenvalue weighted by Gasteiger charge is -2.32. The summed E-state index contributed by atoms with van der Waals surface area (Å²) in [6, 6.07) is 5.52. The van der Waals surface area contributed by atoms with Gasteiger partial charge in [-0.05, 0) is 30.4 Å². The van der Waals surface area contributed by atoms with Crippen LogP contribution in [0.2, 0.25) is 0 Å². The van der Waals surface area contributed by atoms with Crippen LogP contribution in [0.5, 0.6) is 0 Å². The smallest absolute Gasteiger partial charge is 0.266 e. The van der Waals surface area contributed by atoms with Gasteiger partial charge in [0.05, 0.1) is 11.7 Å². The lowest BCUT2D eigenvalue weighted by atomic mass is 10.0. The van der Waals surface area contributed by atoms with Crippen molar-refractivity contribution in [1.82, 2.24) is 20.0 Å². The number of carbonyl (C=O) groups excluding carboxylic acids is 1. The zero-order chi connectivity index (χ0) is 17.1. The third kappa shape index (κ3) is 3.73. The van der Waals surface area contributed by atoms with Crippen LogP contribution in [0.15, 0.2) is 28.4 Å². The van der Waals surface area contributed by atoms with Gasteiger partial charge in [-0.2, -0.15) is 5.10 Å². The van der Waals surface area contributed by atoms with E-state index in [1.807, 2.05) is 18.4 Å². The number of rotatable bonds is 5. The van der Waals surface area contributed by atoms with Crippen molar-refractivity contribution in [2.75, 3.05) is 13.1 Å². The number of fused-ring (bicyclic) bond motifs is 1. The maximum Gasteiger partial charge on any atom is 0.266 e. The van der Waals surface area contributed by atoms with Crippen LogP contribution in [0.25, 0.3) is 0 Å². The summed E-state index contributed by atoms with van der Waals surface area (Å²) in [5.41, 5.74) is 1.78. The molecule has 2 aromatic heterocycles. The number of carbonyl (C=O) groups is 1. The maximum atomic E-state index is 12.4. The Morgan fingerprint density at radius 2 is 2.33 bits per heavy atom. The highest BCUT2D eigenvalue weighted by Gasteiger charge is 2.26. The van der Waals surface area contributed by atoms with Crippen molar-refractivity contribution in [3.8, 4) is 0 Å². The molecule has 0 aliphatic carbocycles. The van der Waals surface area contributed by atoms with Crippen LogP contribution in [0.4, 0.5) is 0 Å². The van der Waals surface area contributed by atoms with Crippen molar-refractivity contribution in [2.45, 2.75) is 32.4 Å². The molecule has 0 spiro atoms. The molecule has 24 heavy (non-hydrogen) atoms. The van der Waals surface area contributed by atoms with Crippen LogP contribution >= 0.6 is 11.3 Å². The zero-order valence-corrected chi connectivity index (χ0v) is 14.8. The number of nitrogens with zero attached hydrogens (tertiary/aromatic N) is 3. The Balaban J connectivity index is 1.56. The quantitative estimate of drug-likeness (QED) is 0.875. The highest BCUT2D eigenvalue weighted by molar-refractivity contribution is 7.09. The molecular formula is C17H22N4O2S. The van der Waals surface area contributed by atoms with Gasteiger partial charge >= 0.3 is 0 Å². The van der Waals surface area contributed by atoms with Gasteiger partial charge in [0, 0.05) is 44.0 Å². The van der Waals surface area contributed by atoms with Crippen molar-refractivity contribution in [3.05, 3.63) is 50.1 Å². The first-order chi connectivity index (χ1) is 11.5. The summed E-state index contributed by atoms with van der Waals surface area (Å²) in [6.45, 7) is 3.94. The molecule has 3 rings (SSSR count). The number of aromatic nitrogens is 2. The molecule has 1 atom stereocenters. The normalized spacial score (nSPS) is 15.8. The summed E-state index contributed by atoms with van der Waals surface area (Å²) < 4.78 is 1.37. The Kier molecular flexibility index (Phi) is 5.11. The molecule has 0 radical (unpaired) electrons. The topological polar surface area (TPSA) is 67.2 Å². The summed E-state index contributed by atoms with van der Waals surface area (Å²) in [4.78, 5) is 27.5. The summed E-state index contributed by atoms with van der Waals surface area (Å²) in [5, 5.41) is 9.36. The maximum absolute atomic E-state index is 12.4. The van der Waals surface area contributed by atoms with Crippen LogP contribution < -0.4 is 10.9 Å². The van der Waals surface area contributed by atoms with Gasteiger partial charge in [0.2, 0.25) is 5.91 Å². The van der Waals surface area contributed by atoms with E-state index in [2.05, 4.69) is 21.4 Å². The number of hydrogen-bond donors (Lipinski definition) is 1. The predicted octanol–water partition coefficient (Wildman–Crippen LogP) is 0.947. The average Bonchev–Trinajstić information content (AvgIpc) is 3.08. The highest BCUT2D eigenvalue weighted by atomic mass is 32.1. The monoisotopic (exact) mass is 346 g/mol. The largest absolute Gasteiger partial charge is 0.354 e. The fraction of sp³-hybridized carbons (Fsp3) is 0.471. The van der Waals surface area contributed by atoms with E-state index in [9.17, 15) is 9.59 Å². The summed E-state index contributed by atoms with van der Waals surface area (Å²) in [6.07, 6.45) is 1.62. The number of aryl methyl sites for hydroxylation is 1. The Morgan fingerprint density at radius 1 is 1.50 bits per heavy atom. The first-order valence-electron chi connectivity index (χ1n) is 8.15. The van der Waals surface area contributed by atoms with Crippen molar-refractivity contribution in [3.63, 3.8) is 0 Å². The van der Waals surface area contributed by atoms with Crippen LogP contribution in [0, 0.1) is 0 Å². The molecule has 1 N–H and O–H groups in total. The summed E-state index contributed by atoms with van der Waals surface area (Å²) in [5.74, 6) is 0.0341. The Hall–Kier alpha value is -1.99. The molecule has 7 heteroatoms. The second kappa shape index (κ2) is 7.27.